The molecular formula is C41H55N3O6. The molecule has 0 radical (unpaired) electrons. The molecule has 0 aliphatic heterocycles. The van der Waals surface area contributed by atoms with Crippen molar-refractivity contribution in [1.29, 1.82) is 0 Å². The number of nitrogens with zero attached hydrogens (tertiary/aromatic N) is 1. The molecule has 9 heteroatoms. The predicted molar refractivity (Wildman–Crippen MR) is 196 cm³/mol. The number of ether oxygens (including phenoxy) is 2. The molecule has 0 saturated carbocycles. The van der Waals surface area contributed by atoms with Gasteiger partial charge in [-0.1, -0.05) is 91.3 Å². The Hall–Kier alpha value is -4.66. The maximum Gasteiger partial charge on any atom is 0.408 e. The van der Waals surface area contributed by atoms with Gasteiger partial charge in [0, 0.05) is 18.9 Å². The zero-order valence-electron chi connectivity index (χ0n) is 31.3. The number of benzene rings is 3. The van der Waals surface area contributed by atoms with Crippen LogP contribution in [0.25, 0.3) is 0 Å². The van der Waals surface area contributed by atoms with Gasteiger partial charge in [0.1, 0.15) is 29.3 Å². The first-order chi connectivity index (χ1) is 23.4. The normalized spacial score (nSPS) is 14.0. The lowest BCUT2D eigenvalue weighted by molar-refractivity contribution is -0.159. The van der Waals surface area contributed by atoms with Gasteiger partial charge < -0.3 is 25.0 Å². The predicted octanol–water partition coefficient (Wildman–Crippen LogP) is 7.18. The quantitative estimate of drug-likeness (QED) is 0.184. The highest BCUT2D eigenvalue weighted by molar-refractivity contribution is 5.94. The highest BCUT2D eigenvalue weighted by Gasteiger charge is 2.40. The number of carbonyl (C=O) groups is 4. The second-order valence-corrected chi connectivity index (χ2v) is 14.9. The van der Waals surface area contributed by atoms with Crippen molar-refractivity contribution >= 4 is 23.9 Å². The SMILES string of the molecule is CCC(C)N(C(=O)C(Cc1ccccc1)NC(=O)OC(C)(C)C)C(C(=O)NC(Cc1ccccc1)C(=O)OC(C)(C)C)c1ccc(C)cc1C. The van der Waals surface area contributed by atoms with Gasteiger partial charge in [0.05, 0.1) is 0 Å². The maximum absolute atomic E-state index is 14.9. The van der Waals surface area contributed by atoms with E-state index >= 15 is 0 Å². The third-order valence-electron chi connectivity index (χ3n) is 8.13. The van der Waals surface area contributed by atoms with Gasteiger partial charge in [0.25, 0.3) is 0 Å². The molecule has 0 aliphatic rings. The van der Waals surface area contributed by atoms with E-state index in [-0.39, 0.29) is 12.8 Å². The highest BCUT2D eigenvalue weighted by Crippen LogP contribution is 2.30. The Morgan fingerprint density at radius 3 is 1.72 bits per heavy atom. The van der Waals surface area contributed by atoms with Crippen molar-refractivity contribution < 1.29 is 28.7 Å². The number of rotatable bonds is 13. The molecule has 270 valence electrons. The largest absolute Gasteiger partial charge is 0.458 e. The minimum atomic E-state index is -1.14. The average molecular weight is 686 g/mol. The van der Waals surface area contributed by atoms with Crippen LogP contribution >= 0.6 is 0 Å². The van der Waals surface area contributed by atoms with Crippen LogP contribution in [-0.2, 0) is 36.7 Å². The third-order valence-corrected chi connectivity index (χ3v) is 8.13. The Morgan fingerprint density at radius 2 is 1.24 bits per heavy atom. The number of hydrogen-bond donors (Lipinski definition) is 2. The van der Waals surface area contributed by atoms with E-state index < -0.39 is 59.2 Å². The van der Waals surface area contributed by atoms with Crippen LogP contribution in [0.2, 0.25) is 0 Å². The zero-order chi connectivity index (χ0) is 37.2. The van der Waals surface area contributed by atoms with Crippen molar-refractivity contribution in [2.75, 3.05) is 0 Å². The van der Waals surface area contributed by atoms with Crippen LogP contribution < -0.4 is 10.6 Å². The lowest BCUT2D eigenvalue weighted by Gasteiger charge is -2.39. The van der Waals surface area contributed by atoms with Gasteiger partial charge in [0.15, 0.2) is 0 Å². The first kappa shape index (κ1) is 39.8. The second kappa shape index (κ2) is 17.3. The summed E-state index contributed by atoms with van der Waals surface area (Å²) in [6.07, 6.45) is 0.137. The number of esters is 1. The average Bonchev–Trinajstić information content (AvgIpc) is 3.02. The molecule has 50 heavy (non-hydrogen) atoms. The number of aryl methyl sites for hydroxylation is 2. The summed E-state index contributed by atoms with van der Waals surface area (Å²) in [5, 5.41) is 5.79. The molecule has 2 N–H and O–H groups in total. The smallest absolute Gasteiger partial charge is 0.408 e. The van der Waals surface area contributed by atoms with Gasteiger partial charge in [-0.05, 0) is 91.0 Å². The van der Waals surface area contributed by atoms with Crippen molar-refractivity contribution in [2.24, 2.45) is 0 Å². The summed E-state index contributed by atoms with van der Waals surface area (Å²) in [4.78, 5) is 58.1. The molecule has 4 atom stereocenters. The van der Waals surface area contributed by atoms with E-state index in [9.17, 15) is 19.2 Å². The van der Waals surface area contributed by atoms with Crippen LogP contribution in [0.4, 0.5) is 4.79 Å². The minimum Gasteiger partial charge on any atom is -0.458 e. The number of nitrogens with one attached hydrogen (secondary N) is 2. The molecule has 4 unspecified atom stereocenters. The van der Waals surface area contributed by atoms with E-state index in [1.807, 2.05) is 107 Å². The number of amides is 3. The Kier molecular flexibility index (Phi) is 13.8. The summed E-state index contributed by atoms with van der Waals surface area (Å²) in [6, 6.07) is 20.8. The van der Waals surface area contributed by atoms with Gasteiger partial charge in [0.2, 0.25) is 11.8 Å². The van der Waals surface area contributed by atoms with E-state index in [4.69, 9.17) is 9.47 Å². The molecule has 0 aromatic heterocycles. The molecule has 3 aromatic carbocycles. The van der Waals surface area contributed by atoms with E-state index in [0.29, 0.717) is 12.0 Å². The van der Waals surface area contributed by atoms with Crippen molar-refractivity contribution in [2.45, 2.75) is 124 Å². The number of alkyl carbamates (subject to hydrolysis) is 1. The van der Waals surface area contributed by atoms with E-state index in [1.165, 1.54) is 0 Å². The van der Waals surface area contributed by atoms with Gasteiger partial charge in [-0.15, -0.1) is 0 Å². The van der Waals surface area contributed by atoms with Crippen molar-refractivity contribution in [3.05, 3.63) is 107 Å². The van der Waals surface area contributed by atoms with Gasteiger partial charge in [-0.2, -0.15) is 0 Å². The maximum atomic E-state index is 14.9. The fraction of sp³-hybridized carbons (Fsp3) is 0.463. The molecule has 0 fully saturated rings. The van der Waals surface area contributed by atoms with Crippen LogP contribution in [0.5, 0.6) is 0 Å². The summed E-state index contributed by atoms with van der Waals surface area (Å²) in [5.74, 6) is -1.57. The zero-order valence-corrected chi connectivity index (χ0v) is 31.3. The van der Waals surface area contributed by atoms with Crippen molar-refractivity contribution in [1.82, 2.24) is 15.5 Å². The van der Waals surface area contributed by atoms with Gasteiger partial charge in [-0.3, -0.25) is 9.59 Å². The fourth-order valence-electron chi connectivity index (χ4n) is 5.69. The Balaban J connectivity index is 2.15. The lowest BCUT2D eigenvalue weighted by atomic mass is 9.93. The topological polar surface area (TPSA) is 114 Å². The summed E-state index contributed by atoms with van der Waals surface area (Å²) in [6.45, 7) is 18.3. The molecule has 0 spiro atoms. The molecule has 0 aliphatic carbocycles. The standard InChI is InChI=1S/C41H55N3O6/c1-11-29(4)44(37(46)33(25-30-18-14-12-15-19-30)43-39(48)50-41(8,9)10)35(32-23-22-27(2)24-28(32)3)36(45)42-34(38(47)49-40(5,6)7)26-31-20-16-13-17-21-31/h12-24,29,33-35H,11,25-26H2,1-10H3,(H,42,45)(H,43,48). The third kappa shape index (κ3) is 12.0. The first-order valence-electron chi connectivity index (χ1n) is 17.4. The molecule has 0 saturated heterocycles. The van der Waals surface area contributed by atoms with Gasteiger partial charge in [-0.25, -0.2) is 9.59 Å². The summed E-state index contributed by atoms with van der Waals surface area (Å²) < 4.78 is 11.3. The first-order valence-corrected chi connectivity index (χ1v) is 17.4. The Labute approximate surface area is 298 Å². The van der Waals surface area contributed by atoms with Crippen molar-refractivity contribution in [3.8, 4) is 0 Å². The van der Waals surface area contributed by atoms with Crippen LogP contribution in [0.1, 0.15) is 95.7 Å². The second-order valence-electron chi connectivity index (χ2n) is 14.9. The summed E-state index contributed by atoms with van der Waals surface area (Å²) in [5.41, 5.74) is 2.49. The monoisotopic (exact) mass is 685 g/mol. The Bertz CT molecular complexity index is 1590. The molecular weight excluding hydrogens is 630 g/mol. The van der Waals surface area contributed by atoms with Crippen LogP contribution in [0.3, 0.4) is 0 Å². The number of carbonyl (C=O) groups excluding carboxylic acids is 4. The Morgan fingerprint density at radius 1 is 0.720 bits per heavy atom. The highest BCUT2D eigenvalue weighted by atomic mass is 16.6. The molecule has 0 heterocycles. The lowest BCUT2D eigenvalue weighted by Crippen LogP contribution is -2.57. The molecule has 9 nitrogen and oxygen atoms in total. The van der Waals surface area contributed by atoms with E-state index in [0.717, 1.165) is 22.3 Å². The van der Waals surface area contributed by atoms with Crippen LogP contribution in [-0.4, -0.2) is 58.1 Å². The van der Waals surface area contributed by atoms with Crippen LogP contribution in [0.15, 0.2) is 78.9 Å². The number of hydrogen-bond acceptors (Lipinski definition) is 6. The van der Waals surface area contributed by atoms with Crippen LogP contribution in [0, 0.1) is 13.8 Å². The van der Waals surface area contributed by atoms with Crippen molar-refractivity contribution in [3.63, 3.8) is 0 Å². The minimum absolute atomic E-state index is 0.168. The summed E-state index contributed by atoms with van der Waals surface area (Å²) in [7, 11) is 0. The van der Waals surface area contributed by atoms with Gasteiger partial charge >= 0.3 is 12.1 Å². The molecule has 3 amide bonds. The van der Waals surface area contributed by atoms with E-state index in [1.54, 1.807) is 46.4 Å². The molecule has 0 bridgehead atoms. The summed E-state index contributed by atoms with van der Waals surface area (Å²) >= 11 is 0. The fourth-order valence-corrected chi connectivity index (χ4v) is 5.69. The molecule has 3 aromatic rings. The van der Waals surface area contributed by atoms with E-state index in [2.05, 4.69) is 10.6 Å². The molecule has 3 rings (SSSR count).